The van der Waals surface area contributed by atoms with Gasteiger partial charge in [0.25, 0.3) is 11.6 Å². The highest BCUT2D eigenvalue weighted by Crippen LogP contribution is 2.24. The van der Waals surface area contributed by atoms with Gasteiger partial charge in [-0.05, 0) is 0 Å². The second-order valence-corrected chi connectivity index (χ2v) is 3.67. The molecule has 0 atom stereocenters. The van der Waals surface area contributed by atoms with Gasteiger partial charge in [0.2, 0.25) is 23.0 Å². The van der Waals surface area contributed by atoms with Crippen molar-refractivity contribution in [3.63, 3.8) is 0 Å². The Morgan fingerprint density at radius 2 is 1.15 bits per heavy atom. The summed E-state index contributed by atoms with van der Waals surface area (Å²) in [5.74, 6) is -8.78. The average molecular weight is 284 g/mol. The van der Waals surface area contributed by atoms with Crippen LogP contribution in [0.15, 0.2) is 23.0 Å². The maximum Gasteiger partial charge on any atom is 0.311 e. The van der Waals surface area contributed by atoms with E-state index in [1.165, 1.54) is 13.8 Å². The summed E-state index contributed by atoms with van der Waals surface area (Å²) in [6, 6.07) is 0. The molecular formula is C12H12O8. The van der Waals surface area contributed by atoms with E-state index < -0.39 is 46.5 Å². The van der Waals surface area contributed by atoms with Crippen molar-refractivity contribution in [3.8, 4) is 0 Å². The number of hydrogen-bond acceptors (Lipinski definition) is 8. The zero-order chi connectivity index (χ0) is 15.4. The van der Waals surface area contributed by atoms with Crippen LogP contribution in [0.1, 0.15) is 26.7 Å². The van der Waals surface area contributed by atoms with Crippen molar-refractivity contribution in [3.05, 3.63) is 23.0 Å². The number of esters is 2. The van der Waals surface area contributed by atoms with Gasteiger partial charge in [0, 0.05) is 12.8 Å². The van der Waals surface area contributed by atoms with Gasteiger partial charge in [-0.25, -0.2) is 0 Å². The Kier molecular flexibility index (Phi) is 4.63. The van der Waals surface area contributed by atoms with Gasteiger partial charge >= 0.3 is 11.9 Å². The van der Waals surface area contributed by atoms with Gasteiger partial charge in [0.05, 0.1) is 0 Å². The molecule has 0 radical (unpaired) electrons. The molecule has 8 nitrogen and oxygen atoms in total. The number of Topliss-reactive ketones (excluding diaryl/α,β-unsaturated/α-hetero) is 2. The SMILES string of the molecule is CCC(=O)OC1=C(O)C(=O)C(OC(=O)CC)=C(O)C1=O. The molecule has 20 heavy (non-hydrogen) atoms. The van der Waals surface area contributed by atoms with Crippen molar-refractivity contribution in [1.82, 2.24) is 0 Å². The molecule has 0 aromatic carbocycles. The van der Waals surface area contributed by atoms with Crippen molar-refractivity contribution in [2.24, 2.45) is 0 Å². The number of rotatable bonds is 4. The summed E-state index contributed by atoms with van der Waals surface area (Å²) < 4.78 is 8.94. The monoisotopic (exact) mass is 284 g/mol. The maximum atomic E-state index is 11.7. The van der Waals surface area contributed by atoms with Gasteiger partial charge in [-0.2, -0.15) is 0 Å². The van der Waals surface area contributed by atoms with E-state index >= 15 is 0 Å². The molecule has 2 N–H and O–H groups in total. The Morgan fingerprint density at radius 1 is 0.850 bits per heavy atom. The molecule has 0 amide bonds. The number of aliphatic hydroxyl groups is 2. The normalized spacial score (nSPS) is 15.5. The largest absolute Gasteiger partial charge is 0.501 e. The van der Waals surface area contributed by atoms with E-state index in [0.717, 1.165) is 0 Å². The molecule has 0 aliphatic heterocycles. The smallest absolute Gasteiger partial charge is 0.311 e. The lowest BCUT2D eigenvalue weighted by molar-refractivity contribution is -0.146. The van der Waals surface area contributed by atoms with Crippen LogP contribution in [0.25, 0.3) is 0 Å². The summed E-state index contributed by atoms with van der Waals surface area (Å²) in [6.45, 7) is 2.86. The van der Waals surface area contributed by atoms with Crippen molar-refractivity contribution in [2.45, 2.75) is 26.7 Å². The quantitative estimate of drug-likeness (QED) is 0.567. The maximum absolute atomic E-state index is 11.7. The van der Waals surface area contributed by atoms with Gasteiger partial charge in [-0.15, -0.1) is 0 Å². The second kappa shape index (κ2) is 6.00. The number of ketones is 2. The predicted octanol–water partition coefficient (Wildman–Crippen LogP) is 0.584. The summed E-state index contributed by atoms with van der Waals surface area (Å²) in [4.78, 5) is 45.5. The molecule has 1 rings (SSSR count). The summed E-state index contributed by atoms with van der Waals surface area (Å²) in [5, 5.41) is 19.0. The third kappa shape index (κ3) is 2.85. The highest BCUT2D eigenvalue weighted by molar-refractivity contribution is 6.22. The Balaban J connectivity index is 3.14. The number of carbonyl (C=O) groups excluding carboxylic acids is 4. The zero-order valence-electron chi connectivity index (χ0n) is 10.8. The molecule has 1 aliphatic rings. The molecule has 1 aliphatic carbocycles. The molecule has 0 bridgehead atoms. The van der Waals surface area contributed by atoms with Crippen molar-refractivity contribution < 1.29 is 38.9 Å². The van der Waals surface area contributed by atoms with E-state index in [1.807, 2.05) is 0 Å². The fraction of sp³-hybridized carbons (Fsp3) is 0.333. The van der Waals surface area contributed by atoms with Gasteiger partial charge < -0.3 is 19.7 Å². The molecule has 0 aromatic heterocycles. The fourth-order valence-corrected chi connectivity index (χ4v) is 1.20. The molecule has 0 saturated carbocycles. The lowest BCUT2D eigenvalue weighted by Crippen LogP contribution is -2.28. The Morgan fingerprint density at radius 3 is 1.40 bits per heavy atom. The molecule has 108 valence electrons. The van der Waals surface area contributed by atoms with Crippen LogP contribution in [-0.2, 0) is 28.7 Å². The Hall–Kier alpha value is -2.64. The number of hydrogen-bond donors (Lipinski definition) is 2. The average Bonchev–Trinajstić information content (AvgIpc) is 2.45. The van der Waals surface area contributed by atoms with Crippen LogP contribution in [0.2, 0.25) is 0 Å². The molecule has 8 heteroatoms. The molecule has 0 fully saturated rings. The Labute approximate surface area is 113 Å². The van der Waals surface area contributed by atoms with Crippen LogP contribution in [0, 0.1) is 0 Å². The molecule has 0 spiro atoms. The van der Waals surface area contributed by atoms with Crippen molar-refractivity contribution in [2.75, 3.05) is 0 Å². The van der Waals surface area contributed by atoms with Crippen LogP contribution in [0.4, 0.5) is 0 Å². The van der Waals surface area contributed by atoms with E-state index in [1.54, 1.807) is 0 Å². The predicted molar refractivity (Wildman–Crippen MR) is 62.1 cm³/mol. The van der Waals surface area contributed by atoms with E-state index in [9.17, 15) is 29.4 Å². The molecule has 0 aromatic rings. The van der Waals surface area contributed by atoms with Crippen LogP contribution >= 0.6 is 0 Å². The van der Waals surface area contributed by atoms with Crippen LogP contribution in [0.5, 0.6) is 0 Å². The molecule has 0 saturated heterocycles. The minimum absolute atomic E-state index is 0.111. The first-order chi connectivity index (χ1) is 9.33. The van der Waals surface area contributed by atoms with E-state index in [2.05, 4.69) is 9.47 Å². The third-order valence-electron chi connectivity index (χ3n) is 2.28. The van der Waals surface area contributed by atoms with Gasteiger partial charge in [-0.3, -0.25) is 19.2 Å². The number of carbonyl (C=O) groups is 4. The molecule has 0 unspecified atom stereocenters. The highest BCUT2D eigenvalue weighted by atomic mass is 16.6. The van der Waals surface area contributed by atoms with Crippen LogP contribution < -0.4 is 0 Å². The lowest BCUT2D eigenvalue weighted by Gasteiger charge is -2.16. The number of aliphatic hydroxyl groups excluding tert-OH is 2. The van der Waals surface area contributed by atoms with Gasteiger partial charge in [0.1, 0.15) is 0 Å². The first-order valence-corrected chi connectivity index (χ1v) is 5.70. The first kappa shape index (κ1) is 15.4. The fourth-order valence-electron chi connectivity index (χ4n) is 1.20. The van der Waals surface area contributed by atoms with Crippen molar-refractivity contribution >= 4 is 23.5 Å². The van der Waals surface area contributed by atoms with Crippen LogP contribution in [0.3, 0.4) is 0 Å². The van der Waals surface area contributed by atoms with Crippen LogP contribution in [-0.4, -0.2) is 33.7 Å². The first-order valence-electron chi connectivity index (χ1n) is 5.70. The molecule has 0 heterocycles. The minimum Gasteiger partial charge on any atom is -0.501 e. The van der Waals surface area contributed by atoms with Gasteiger partial charge in [0.15, 0.2) is 0 Å². The summed E-state index contributed by atoms with van der Waals surface area (Å²) in [5.41, 5.74) is 0. The third-order valence-corrected chi connectivity index (χ3v) is 2.28. The van der Waals surface area contributed by atoms with Crippen molar-refractivity contribution in [1.29, 1.82) is 0 Å². The topological polar surface area (TPSA) is 127 Å². The second-order valence-electron chi connectivity index (χ2n) is 3.67. The number of ether oxygens (including phenoxy) is 2. The lowest BCUT2D eigenvalue weighted by atomic mass is 10.1. The van der Waals surface area contributed by atoms with Gasteiger partial charge in [-0.1, -0.05) is 13.8 Å². The summed E-state index contributed by atoms with van der Waals surface area (Å²) >= 11 is 0. The Bertz CT molecular complexity index is 502. The minimum atomic E-state index is -1.32. The zero-order valence-corrected chi connectivity index (χ0v) is 10.8. The standard InChI is InChI=1S/C12H12O8/c1-3-5(13)19-11-7(15)9(17)12(10(18)8(11)16)20-6(14)4-2/h15,18H,3-4H2,1-2H3. The summed E-state index contributed by atoms with van der Waals surface area (Å²) in [7, 11) is 0. The molecular weight excluding hydrogens is 272 g/mol. The van der Waals surface area contributed by atoms with E-state index in [4.69, 9.17) is 0 Å². The van der Waals surface area contributed by atoms with E-state index in [-0.39, 0.29) is 12.8 Å². The highest BCUT2D eigenvalue weighted by Gasteiger charge is 2.39. The summed E-state index contributed by atoms with van der Waals surface area (Å²) in [6.07, 6.45) is -0.221. The van der Waals surface area contributed by atoms with E-state index in [0.29, 0.717) is 0 Å².